The van der Waals surface area contributed by atoms with Gasteiger partial charge in [-0.3, -0.25) is 4.90 Å². The number of fused-ring (bicyclic) bond motifs is 3. The Balaban J connectivity index is 2.00. The highest BCUT2D eigenvalue weighted by Crippen LogP contribution is 2.40. The zero-order valence-electron chi connectivity index (χ0n) is 12.9. The molecule has 2 aliphatic heterocycles. The Bertz CT molecular complexity index is 546. The van der Waals surface area contributed by atoms with Gasteiger partial charge in [-0.2, -0.15) is 0 Å². The van der Waals surface area contributed by atoms with Gasteiger partial charge in [0.2, 0.25) is 5.82 Å². The highest BCUT2D eigenvalue weighted by atomic mass is 16.5. The fourth-order valence-electron chi connectivity index (χ4n) is 3.16. The first-order chi connectivity index (χ1) is 10.1. The van der Waals surface area contributed by atoms with E-state index in [1.165, 1.54) is 6.42 Å². The van der Waals surface area contributed by atoms with Crippen molar-refractivity contribution < 1.29 is 9.53 Å². The van der Waals surface area contributed by atoms with Crippen molar-refractivity contribution in [2.75, 3.05) is 24.7 Å². The third-order valence-corrected chi connectivity index (χ3v) is 4.21. The Morgan fingerprint density at radius 1 is 1.52 bits per heavy atom. The molecule has 1 atom stereocenters. The minimum absolute atomic E-state index is 0.160. The number of anilines is 1. The van der Waals surface area contributed by atoms with Gasteiger partial charge >= 0.3 is 5.97 Å². The highest BCUT2D eigenvalue weighted by molar-refractivity contribution is 5.85. The molecular weight excluding hydrogens is 268 g/mol. The zero-order valence-corrected chi connectivity index (χ0v) is 12.9. The molecule has 0 bridgehead atoms. The van der Waals surface area contributed by atoms with Crippen LogP contribution in [0.25, 0.3) is 0 Å². The predicted octanol–water partition coefficient (Wildman–Crippen LogP) is 1.98. The summed E-state index contributed by atoms with van der Waals surface area (Å²) in [5.74, 6) is 0.608. The Morgan fingerprint density at radius 3 is 3.05 bits per heavy atom. The van der Waals surface area contributed by atoms with Crippen molar-refractivity contribution >= 4 is 11.8 Å². The summed E-state index contributed by atoms with van der Waals surface area (Å²) in [6.45, 7) is 8.40. The van der Waals surface area contributed by atoms with Crippen molar-refractivity contribution in [1.29, 1.82) is 0 Å². The molecule has 1 aromatic heterocycles. The summed E-state index contributed by atoms with van der Waals surface area (Å²) in [4.78, 5) is 25.3. The number of carbonyl (C=O) groups is 1. The van der Waals surface area contributed by atoms with Gasteiger partial charge in [0.25, 0.3) is 0 Å². The topological polar surface area (TPSA) is 58.6 Å². The SMILES string of the molecule is CCOC(=O)c1ncc2c(n1)N(C(C)C)CN1CCCC21. The summed E-state index contributed by atoms with van der Waals surface area (Å²) >= 11 is 0. The molecule has 1 saturated heterocycles. The van der Waals surface area contributed by atoms with Gasteiger partial charge in [-0.1, -0.05) is 0 Å². The summed E-state index contributed by atoms with van der Waals surface area (Å²) in [6.07, 6.45) is 4.16. The molecule has 21 heavy (non-hydrogen) atoms. The van der Waals surface area contributed by atoms with Crippen LogP contribution >= 0.6 is 0 Å². The van der Waals surface area contributed by atoms with Crippen molar-refractivity contribution in [2.24, 2.45) is 0 Å². The second kappa shape index (κ2) is 5.60. The molecular formula is C15H22N4O2. The molecule has 0 N–H and O–H groups in total. The van der Waals surface area contributed by atoms with Crippen LogP contribution in [0, 0.1) is 0 Å². The van der Waals surface area contributed by atoms with E-state index < -0.39 is 5.97 Å². The van der Waals surface area contributed by atoms with Crippen molar-refractivity contribution in [3.8, 4) is 0 Å². The largest absolute Gasteiger partial charge is 0.460 e. The van der Waals surface area contributed by atoms with Crippen LogP contribution in [-0.2, 0) is 4.74 Å². The third-order valence-electron chi connectivity index (χ3n) is 4.21. The first-order valence-corrected chi connectivity index (χ1v) is 7.66. The van der Waals surface area contributed by atoms with Gasteiger partial charge in [0.15, 0.2) is 0 Å². The molecule has 6 heteroatoms. The summed E-state index contributed by atoms with van der Waals surface area (Å²) in [5, 5.41) is 0. The maximum absolute atomic E-state index is 11.9. The molecule has 3 rings (SSSR count). The summed E-state index contributed by atoms with van der Waals surface area (Å²) in [6, 6.07) is 0.724. The molecule has 1 unspecified atom stereocenters. The first-order valence-electron chi connectivity index (χ1n) is 7.66. The van der Waals surface area contributed by atoms with E-state index in [1.54, 1.807) is 6.92 Å². The van der Waals surface area contributed by atoms with Gasteiger partial charge in [-0.15, -0.1) is 0 Å². The van der Waals surface area contributed by atoms with Crippen molar-refractivity contribution in [2.45, 2.75) is 45.7 Å². The second-order valence-corrected chi connectivity index (χ2v) is 5.87. The number of ether oxygens (including phenoxy) is 1. The molecule has 0 saturated carbocycles. The maximum Gasteiger partial charge on any atom is 0.376 e. The Kier molecular flexibility index (Phi) is 3.80. The van der Waals surface area contributed by atoms with E-state index in [9.17, 15) is 4.79 Å². The lowest BCUT2D eigenvalue weighted by atomic mass is 10.0. The number of hydrogen-bond acceptors (Lipinski definition) is 6. The third kappa shape index (κ3) is 2.48. The zero-order chi connectivity index (χ0) is 15.0. The highest BCUT2D eigenvalue weighted by Gasteiger charge is 2.37. The van der Waals surface area contributed by atoms with Crippen molar-refractivity contribution in [3.63, 3.8) is 0 Å². The molecule has 114 valence electrons. The van der Waals surface area contributed by atoms with Gasteiger partial charge in [0.1, 0.15) is 5.82 Å². The van der Waals surface area contributed by atoms with Gasteiger partial charge in [0.05, 0.1) is 13.3 Å². The van der Waals surface area contributed by atoms with Crippen LogP contribution in [0.2, 0.25) is 0 Å². The number of aromatic nitrogens is 2. The molecule has 0 aliphatic carbocycles. The molecule has 0 spiro atoms. The summed E-state index contributed by atoms with van der Waals surface area (Å²) in [5.41, 5.74) is 1.14. The van der Waals surface area contributed by atoms with E-state index in [2.05, 4.69) is 33.6 Å². The summed E-state index contributed by atoms with van der Waals surface area (Å²) in [7, 11) is 0. The lowest BCUT2D eigenvalue weighted by Crippen LogP contribution is -2.46. The Labute approximate surface area is 125 Å². The van der Waals surface area contributed by atoms with Gasteiger partial charge < -0.3 is 9.64 Å². The van der Waals surface area contributed by atoms with E-state index in [0.717, 1.165) is 31.0 Å². The fraction of sp³-hybridized carbons (Fsp3) is 0.667. The first kappa shape index (κ1) is 14.3. The van der Waals surface area contributed by atoms with Crippen molar-refractivity contribution in [1.82, 2.24) is 14.9 Å². The quantitative estimate of drug-likeness (QED) is 0.793. The average molecular weight is 290 g/mol. The molecule has 3 heterocycles. The average Bonchev–Trinajstić information content (AvgIpc) is 2.94. The Hall–Kier alpha value is -1.69. The van der Waals surface area contributed by atoms with E-state index in [-0.39, 0.29) is 5.82 Å². The molecule has 0 amide bonds. The number of hydrogen-bond donors (Lipinski definition) is 0. The number of rotatable bonds is 3. The fourth-order valence-corrected chi connectivity index (χ4v) is 3.16. The smallest absolute Gasteiger partial charge is 0.376 e. The van der Waals surface area contributed by atoms with Crippen LogP contribution in [0.15, 0.2) is 6.20 Å². The monoisotopic (exact) mass is 290 g/mol. The standard InChI is InChI=1S/C15H22N4O2/c1-4-21-15(20)13-16-8-11-12-6-5-7-18(12)9-19(10(2)3)14(11)17-13/h8,10,12H,4-7,9H2,1-3H3. The van der Waals surface area contributed by atoms with E-state index >= 15 is 0 Å². The van der Waals surface area contributed by atoms with E-state index in [0.29, 0.717) is 18.7 Å². The van der Waals surface area contributed by atoms with Crippen LogP contribution in [0.5, 0.6) is 0 Å². The normalized spacial score (nSPS) is 21.3. The van der Waals surface area contributed by atoms with Crippen LogP contribution in [0.3, 0.4) is 0 Å². The van der Waals surface area contributed by atoms with E-state index in [4.69, 9.17) is 4.74 Å². The molecule has 0 radical (unpaired) electrons. The van der Waals surface area contributed by atoms with Crippen LogP contribution in [0.4, 0.5) is 5.82 Å². The number of esters is 1. The van der Waals surface area contributed by atoms with Gasteiger partial charge in [-0.05, 0) is 33.6 Å². The van der Waals surface area contributed by atoms with E-state index in [1.807, 2.05) is 6.20 Å². The predicted molar refractivity (Wildman–Crippen MR) is 79.2 cm³/mol. The lowest BCUT2D eigenvalue weighted by molar-refractivity contribution is 0.0511. The lowest BCUT2D eigenvalue weighted by Gasteiger charge is -2.41. The Morgan fingerprint density at radius 2 is 2.33 bits per heavy atom. The molecule has 6 nitrogen and oxygen atoms in total. The maximum atomic E-state index is 11.9. The minimum atomic E-state index is -0.446. The van der Waals surface area contributed by atoms with Gasteiger partial charge in [-0.25, -0.2) is 14.8 Å². The van der Waals surface area contributed by atoms with Crippen LogP contribution < -0.4 is 4.90 Å². The number of nitrogens with zero attached hydrogens (tertiary/aromatic N) is 4. The summed E-state index contributed by atoms with van der Waals surface area (Å²) < 4.78 is 5.01. The minimum Gasteiger partial charge on any atom is -0.460 e. The molecule has 1 aromatic rings. The molecule has 0 aromatic carbocycles. The molecule has 1 fully saturated rings. The molecule has 2 aliphatic rings. The van der Waals surface area contributed by atoms with Gasteiger partial charge in [0, 0.05) is 30.4 Å². The second-order valence-electron chi connectivity index (χ2n) is 5.87. The van der Waals surface area contributed by atoms with Crippen molar-refractivity contribution in [3.05, 3.63) is 17.6 Å². The number of carbonyl (C=O) groups excluding carboxylic acids is 1. The van der Waals surface area contributed by atoms with Crippen LogP contribution in [0.1, 0.15) is 55.8 Å². The van der Waals surface area contributed by atoms with Crippen LogP contribution in [-0.4, -0.2) is 46.7 Å².